The van der Waals surface area contributed by atoms with E-state index in [2.05, 4.69) is 5.32 Å². The summed E-state index contributed by atoms with van der Waals surface area (Å²) < 4.78 is 5.04. The normalized spacial score (nSPS) is 11.3. The van der Waals surface area contributed by atoms with Gasteiger partial charge in [0.2, 0.25) is 0 Å². The lowest BCUT2D eigenvalue weighted by Gasteiger charge is -2.22. The molecule has 0 atom stereocenters. The van der Waals surface area contributed by atoms with E-state index in [1.807, 2.05) is 0 Å². The van der Waals surface area contributed by atoms with Gasteiger partial charge in [0.25, 0.3) is 11.8 Å². The Kier molecular flexibility index (Phi) is 7.40. The number of hydrogen-bond donors (Lipinski definition) is 3. The number of aliphatic hydroxyl groups excluding tert-OH is 2. The van der Waals surface area contributed by atoms with Gasteiger partial charge in [0, 0.05) is 18.1 Å². The van der Waals surface area contributed by atoms with Crippen LogP contribution in [0, 0.1) is 0 Å². The molecule has 2 amide bonds. The van der Waals surface area contributed by atoms with Crippen LogP contribution >= 0.6 is 11.6 Å². The van der Waals surface area contributed by atoms with Crippen molar-refractivity contribution in [2.24, 2.45) is 0 Å². The van der Waals surface area contributed by atoms with Gasteiger partial charge in [0.15, 0.2) is 5.76 Å². The molecule has 0 radical (unpaired) electrons. The molecule has 0 aliphatic heterocycles. The maximum atomic E-state index is 12.8. The number of aliphatic hydroxyl groups is 2. The molecule has 2 rings (SSSR count). The van der Waals surface area contributed by atoms with Crippen LogP contribution in [0.1, 0.15) is 16.1 Å². The fourth-order valence-corrected chi connectivity index (χ4v) is 2.32. The second kappa shape index (κ2) is 9.76. The first kappa shape index (κ1) is 19.7. The van der Waals surface area contributed by atoms with Crippen LogP contribution in [0.2, 0.25) is 5.02 Å². The summed E-state index contributed by atoms with van der Waals surface area (Å²) in [7, 11) is 0. The monoisotopic (exact) mass is 378 g/mol. The summed E-state index contributed by atoms with van der Waals surface area (Å²) >= 11 is 5.86. The van der Waals surface area contributed by atoms with E-state index >= 15 is 0 Å². The summed E-state index contributed by atoms with van der Waals surface area (Å²) in [5.41, 5.74) is 0.626. The lowest BCUT2D eigenvalue weighted by molar-refractivity contribution is -0.128. The van der Waals surface area contributed by atoms with Crippen molar-refractivity contribution in [3.05, 3.63) is 64.7 Å². The van der Waals surface area contributed by atoms with Crippen molar-refractivity contribution >= 4 is 29.5 Å². The van der Waals surface area contributed by atoms with E-state index in [4.69, 9.17) is 26.2 Å². The van der Waals surface area contributed by atoms with Crippen molar-refractivity contribution in [1.82, 2.24) is 10.2 Å². The number of halogens is 1. The minimum absolute atomic E-state index is 0.0179. The van der Waals surface area contributed by atoms with Gasteiger partial charge in [-0.2, -0.15) is 0 Å². The van der Waals surface area contributed by atoms with Crippen LogP contribution in [0.5, 0.6) is 0 Å². The first-order valence-corrected chi connectivity index (χ1v) is 8.26. The summed E-state index contributed by atoms with van der Waals surface area (Å²) in [5, 5.41) is 21.3. The summed E-state index contributed by atoms with van der Waals surface area (Å²) in [6, 6.07) is 9.72. The third-order valence-corrected chi connectivity index (χ3v) is 3.68. The van der Waals surface area contributed by atoms with Crippen molar-refractivity contribution in [1.29, 1.82) is 0 Å². The number of carbonyl (C=O) groups is 2. The van der Waals surface area contributed by atoms with Crippen molar-refractivity contribution < 1.29 is 24.2 Å². The van der Waals surface area contributed by atoms with Gasteiger partial charge in [0.1, 0.15) is 5.70 Å². The van der Waals surface area contributed by atoms with E-state index in [1.165, 1.54) is 23.3 Å². The highest BCUT2D eigenvalue weighted by molar-refractivity contribution is 6.30. The Morgan fingerprint density at radius 1 is 1.12 bits per heavy atom. The molecule has 138 valence electrons. The van der Waals surface area contributed by atoms with Crippen molar-refractivity contribution in [3.8, 4) is 0 Å². The summed E-state index contributed by atoms with van der Waals surface area (Å²) in [5.74, 6) is -1.07. The van der Waals surface area contributed by atoms with Crippen LogP contribution in [0.3, 0.4) is 0 Å². The average Bonchev–Trinajstić information content (AvgIpc) is 3.17. The fraction of sp³-hybridized carbons (Fsp3) is 0.222. The summed E-state index contributed by atoms with van der Waals surface area (Å²) in [4.78, 5) is 26.3. The maximum Gasteiger partial charge on any atom is 0.291 e. The lowest BCUT2D eigenvalue weighted by atomic mass is 10.1. The van der Waals surface area contributed by atoms with E-state index in [-0.39, 0.29) is 37.8 Å². The standard InChI is InChI=1S/C18H19ClN2O5/c19-14-5-3-13(4-6-14)12-15(18(25)21(7-9-22)8-10-23)20-17(24)16-2-1-11-26-16/h1-6,11-12,22-23H,7-10H2,(H,20,24). The highest BCUT2D eigenvalue weighted by Crippen LogP contribution is 2.14. The number of furan rings is 1. The number of nitrogens with one attached hydrogen (secondary N) is 1. The van der Waals surface area contributed by atoms with Gasteiger partial charge >= 0.3 is 0 Å². The van der Waals surface area contributed by atoms with E-state index in [9.17, 15) is 9.59 Å². The zero-order chi connectivity index (χ0) is 18.9. The first-order valence-electron chi connectivity index (χ1n) is 7.88. The fourth-order valence-electron chi connectivity index (χ4n) is 2.20. The number of amides is 2. The molecule has 0 saturated heterocycles. The molecule has 0 aliphatic carbocycles. The molecule has 8 heteroatoms. The molecular weight excluding hydrogens is 360 g/mol. The SMILES string of the molecule is O=C(NC(=Cc1ccc(Cl)cc1)C(=O)N(CCO)CCO)c1ccco1. The quantitative estimate of drug-likeness (QED) is 0.604. The Morgan fingerprint density at radius 2 is 1.77 bits per heavy atom. The van der Waals surface area contributed by atoms with Crippen LogP contribution in [0.4, 0.5) is 0 Å². The zero-order valence-electron chi connectivity index (χ0n) is 13.9. The first-order chi connectivity index (χ1) is 12.5. The van der Waals surface area contributed by atoms with Crippen molar-refractivity contribution in [3.63, 3.8) is 0 Å². The number of carbonyl (C=O) groups excluding carboxylic acids is 2. The molecule has 0 aliphatic rings. The molecule has 1 aromatic carbocycles. The number of rotatable bonds is 8. The van der Waals surface area contributed by atoms with Gasteiger partial charge < -0.3 is 24.8 Å². The van der Waals surface area contributed by atoms with Gasteiger partial charge in [-0.25, -0.2) is 0 Å². The number of benzene rings is 1. The molecule has 0 fully saturated rings. The van der Waals surface area contributed by atoms with Crippen molar-refractivity contribution in [2.45, 2.75) is 0 Å². The second-order valence-electron chi connectivity index (χ2n) is 5.28. The Morgan fingerprint density at radius 3 is 2.31 bits per heavy atom. The Bertz CT molecular complexity index is 750. The topological polar surface area (TPSA) is 103 Å². The van der Waals surface area contributed by atoms with Crippen molar-refractivity contribution in [2.75, 3.05) is 26.3 Å². The van der Waals surface area contributed by atoms with E-state index in [0.29, 0.717) is 10.6 Å². The Hall–Kier alpha value is -2.61. The van der Waals surface area contributed by atoms with Gasteiger partial charge in [-0.05, 0) is 35.9 Å². The minimum atomic E-state index is -0.587. The summed E-state index contributed by atoms with van der Waals surface area (Å²) in [6.45, 7) is -0.500. The predicted molar refractivity (Wildman–Crippen MR) is 96.4 cm³/mol. The molecule has 0 bridgehead atoms. The zero-order valence-corrected chi connectivity index (χ0v) is 14.6. The van der Waals surface area contributed by atoms with Crippen LogP contribution in [-0.4, -0.2) is 53.2 Å². The second-order valence-corrected chi connectivity index (χ2v) is 5.72. The molecule has 1 heterocycles. The average molecular weight is 379 g/mol. The third kappa shape index (κ3) is 5.45. The van der Waals surface area contributed by atoms with Crippen LogP contribution in [0.15, 0.2) is 52.8 Å². The molecule has 7 nitrogen and oxygen atoms in total. The van der Waals surface area contributed by atoms with Gasteiger partial charge in [-0.15, -0.1) is 0 Å². The molecule has 1 aromatic heterocycles. The lowest BCUT2D eigenvalue weighted by Crippen LogP contribution is -2.41. The maximum absolute atomic E-state index is 12.8. The highest BCUT2D eigenvalue weighted by atomic mass is 35.5. The molecular formula is C18H19ClN2O5. The van der Waals surface area contributed by atoms with E-state index in [0.717, 1.165) is 0 Å². The number of nitrogens with zero attached hydrogens (tertiary/aromatic N) is 1. The molecule has 0 spiro atoms. The van der Waals surface area contributed by atoms with E-state index in [1.54, 1.807) is 30.3 Å². The Labute approximate surface area is 155 Å². The Balaban J connectivity index is 2.31. The van der Waals surface area contributed by atoms with Gasteiger partial charge in [-0.1, -0.05) is 23.7 Å². The van der Waals surface area contributed by atoms with Gasteiger partial charge in [-0.3, -0.25) is 9.59 Å². The molecule has 26 heavy (non-hydrogen) atoms. The van der Waals surface area contributed by atoms with Crippen LogP contribution in [0.25, 0.3) is 6.08 Å². The highest BCUT2D eigenvalue weighted by Gasteiger charge is 2.21. The van der Waals surface area contributed by atoms with Gasteiger partial charge in [0.05, 0.1) is 19.5 Å². The van der Waals surface area contributed by atoms with E-state index < -0.39 is 11.8 Å². The molecule has 3 N–H and O–H groups in total. The smallest absolute Gasteiger partial charge is 0.291 e. The van der Waals surface area contributed by atoms with Crippen LogP contribution in [-0.2, 0) is 4.79 Å². The summed E-state index contributed by atoms with van der Waals surface area (Å²) in [6.07, 6.45) is 2.84. The minimum Gasteiger partial charge on any atom is -0.459 e. The van der Waals surface area contributed by atoms with Crippen LogP contribution < -0.4 is 5.32 Å². The molecule has 0 unspecified atom stereocenters. The predicted octanol–water partition coefficient (Wildman–Crippen LogP) is 1.52. The molecule has 2 aromatic rings. The third-order valence-electron chi connectivity index (χ3n) is 3.43. The number of hydrogen-bond acceptors (Lipinski definition) is 5. The molecule has 0 saturated carbocycles. The largest absolute Gasteiger partial charge is 0.459 e.